The van der Waals surface area contributed by atoms with E-state index in [1.165, 1.54) is 18.2 Å². The number of hydrogen-bond donors (Lipinski definition) is 2. The van der Waals surface area contributed by atoms with Crippen molar-refractivity contribution >= 4 is 5.82 Å². The van der Waals surface area contributed by atoms with E-state index < -0.39 is 0 Å². The molecule has 0 aliphatic heterocycles. The first-order chi connectivity index (χ1) is 11.6. The molecule has 2 heterocycles. The van der Waals surface area contributed by atoms with Gasteiger partial charge in [0.15, 0.2) is 0 Å². The minimum absolute atomic E-state index is 0.171. The average molecular weight is 324 g/mol. The van der Waals surface area contributed by atoms with Crippen LogP contribution in [-0.2, 0) is 13.0 Å². The molecule has 0 unspecified atom stereocenters. The van der Waals surface area contributed by atoms with E-state index in [1.54, 1.807) is 18.3 Å². The molecular formula is C18H17FN4O. The normalized spacial score (nSPS) is 10.6. The van der Waals surface area contributed by atoms with Gasteiger partial charge in [0.2, 0.25) is 0 Å². The summed E-state index contributed by atoms with van der Waals surface area (Å²) in [5, 5.41) is 3.17. The number of aryl methyl sites for hydroxylation is 1. The summed E-state index contributed by atoms with van der Waals surface area (Å²) >= 11 is 0. The maximum atomic E-state index is 12.9. The van der Waals surface area contributed by atoms with Gasteiger partial charge in [0.25, 0.3) is 5.56 Å². The van der Waals surface area contributed by atoms with Crippen molar-refractivity contribution in [3.63, 3.8) is 0 Å². The Morgan fingerprint density at radius 2 is 1.96 bits per heavy atom. The number of H-pyrrole nitrogens is 1. The van der Waals surface area contributed by atoms with Crippen molar-refractivity contribution in [1.82, 2.24) is 15.0 Å². The number of benzene rings is 1. The molecule has 2 aromatic heterocycles. The maximum absolute atomic E-state index is 12.9. The predicted molar refractivity (Wildman–Crippen MR) is 91.2 cm³/mol. The van der Waals surface area contributed by atoms with E-state index in [1.807, 2.05) is 19.1 Å². The van der Waals surface area contributed by atoms with Crippen molar-refractivity contribution < 1.29 is 4.39 Å². The molecule has 0 aliphatic rings. The van der Waals surface area contributed by atoms with Crippen LogP contribution in [-0.4, -0.2) is 15.0 Å². The van der Waals surface area contributed by atoms with Crippen molar-refractivity contribution in [3.05, 3.63) is 76.1 Å². The zero-order chi connectivity index (χ0) is 16.9. The van der Waals surface area contributed by atoms with Gasteiger partial charge in [-0.15, -0.1) is 0 Å². The van der Waals surface area contributed by atoms with E-state index in [4.69, 9.17) is 0 Å². The Bertz CT molecular complexity index is 873. The Morgan fingerprint density at radius 3 is 2.62 bits per heavy atom. The summed E-state index contributed by atoms with van der Waals surface area (Å²) < 4.78 is 12.9. The fourth-order valence-corrected chi connectivity index (χ4v) is 2.26. The number of pyridine rings is 1. The number of aromatic amines is 1. The molecule has 0 spiro atoms. The van der Waals surface area contributed by atoms with Gasteiger partial charge in [0.05, 0.1) is 0 Å². The van der Waals surface area contributed by atoms with Crippen molar-refractivity contribution in [3.8, 4) is 11.4 Å². The molecule has 6 heteroatoms. The van der Waals surface area contributed by atoms with Crippen LogP contribution in [0, 0.1) is 5.82 Å². The van der Waals surface area contributed by atoms with Crippen molar-refractivity contribution in [2.45, 2.75) is 19.9 Å². The molecule has 2 N–H and O–H groups in total. The van der Waals surface area contributed by atoms with Gasteiger partial charge in [-0.3, -0.25) is 4.79 Å². The Hall–Kier alpha value is -3.02. The van der Waals surface area contributed by atoms with Gasteiger partial charge >= 0.3 is 0 Å². The predicted octanol–water partition coefficient (Wildman–Crippen LogP) is 3.15. The second-order valence-electron chi connectivity index (χ2n) is 5.35. The molecular weight excluding hydrogens is 307 g/mol. The van der Waals surface area contributed by atoms with Gasteiger partial charge in [-0.25, -0.2) is 14.4 Å². The number of rotatable bonds is 5. The minimum Gasteiger partial charge on any atom is -0.366 e. The third-order valence-corrected chi connectivity index (χ3v) is 3.58. The summed E-state index contributed by atoms with van der Waals surface area (Å²) in [7, 11) is 0. The first-order valence-corrected chi connectivity index (χ1v) is 7.69. The van der Waals surface area contributed by atoms with E-state index in [2.05, 4.69) is 20.3 Å². The summed E-state index contributed by atoms with van der Waals surface area (Å²) in [6.45, 7) is 2.50. The highest BCUT2D eigenvalue weighted by Gasteiger charge is 2.04. The van der Waals surface area contributed by atoms with Crippen molar-refractivity contribution in [1.29, 1.82) is 0 Å². The number of aromatic nitrogens is 3. The highest BCUT2D eigenvalue weighted by atomic mass is 19.1. The fourth-order valence-electron chi connectivity index (χ4n) is 2.26. The number of nitrogens with zero attached hydrogens (tertiary/aromatic N) is 2. The molecule has 1 aromatic carbocycles. The van der Waals surface area contributed by atoms with E-state index in [-0.39, 0.29) is 11.4 Å². The van der Waals surface area contributed by atoms with Crippen LogP contribution >= 0.6 is 0 Å². The Kier molecular flexibility index (Phi) is 4.65. The average Bonchev–Trinajstić information content (AvgIpc) is 2.61. The van der Waals surface area contributed by atoms with E-state index in [9.17, 15) is 9.18 Å². The zero-order valence-corrected chi connectivity index (χ0v) is 13.2. The molecule has 0 fully saturated rings. The van der Waals surface area contributed by atoms with Crippen molar-refractivity contribution in [2.24, 2.45) is 0 Å². The highest BCUT2D eigenvalue weighted by molar-refractivity contribution is 5.55. The monoisotopic (exact) mass is 324 g/mol. The van der Waals surface area contributed by atoms with Gasteiger partial charge in [-0.1, -0.05) is 19.1 Å². The molecule has 122 valence electrons. The standard InChI is InChI=1S/C18H17FN4O/c1-2-15-9-17(24)23-18(22-15)13-5-8-16(21-11-13)20-10-12-3-6-14(19)7-4-12/h3-9,11H,2,10H2,1H3,(H,20,21)(H,22,23,24). The molecule has 24 heavy (non-hydrogen) atoms. The lowest BCUT2D eigenvalue weighted by atomic mass is 10.2. The third-order valence-electron chi connectivity index (χ3n) is 3.58. The lowest BCUT2D eigenvalue weighted by molar-refractivity contribution is 0.627. The number of nitrogens with one attached hydrogen (secondary N) is 2. The first kappa shape index (κ1) is 15.9. The molecule has 0 radical (unpaired) electrons. The number of hydrogen-bond acceptors (Lipinski definition) is 4. The highest BCUT2D eigenvalue weighted by Crippen LogP contribution is 2.15. The van der Waals surface area contributed by atoms with E-state index >= 15 is 0 Å². The van der Waals surface area contributed by atoms with Crippen LogP contribution in [0.25, 0.3) is 11.4 Å². The number of halogens is 1. The van der Waals surface area contributed by atoms with E-state index in [0.29, 0.717) is 24.6 Å². The van der Waals surface area contributed by atoms with Crippen LogP contribution in [0.2, 0.25) is 0 Å². The van der Waals surface area contributed by atoms with Crippen molar-refractivity contribution in [2.75, 3.05) is 5.32 Å². The summed E-state index contributed by atoms with van der Waals surface area (Å²) in [5.74, 6) is 0.950. The van der Waals surface area contributed by atoms with Crippen LogP contribution in [0.15, 0.2) is 53.5 Å². The summed E-state index contributed by atoms with van der Waals surface area (Å²) in [6.07, 6.45) is 2.35. The van der Waals surface area contributed by atoms with Crippen LogP contribution < -0.4 is 10.9 Å². The SMILES string of the molecule is CCc1cc(=O)[nH]c(-c2ccc(NCc3ccc(F)cc3)nc2)n1. The molecule has 3 aromatic rings. The van der Waals surface area contributed by atoms with Gasteiger partial charge in [0.1, 0.15) is 17.5 Å². The third kappa shape index (κ3) is 3.84. The first-order valence-electron chi connectivity index (χ1n) is 7.69. The molecule has 0 saturated carbocycles. The second kappa shape index (κ2) is 7.04. The minimum atomic E-state index is -0.253. The molecule has 0 amide bonds. The lowest BCUT2D eigenvalue weighted by Gasteiger charge is -2.07. The molecule has 3 rings (SSSR count). The summed E-state index contributed by atoms with van der Waals surface area (Å²) in [4.78, 5) is 23.1. The maximum Gasteiger partial charge on any atom is 0.251 e. The summed E-state index contributed by atoms with van der Waals surface area (Å²) in [5.41, 5.74) is 2.28. The zero-order valence-electron chi connectivity index (χ0n) is 13.2. The number of anilines is 1. The van der Waals surface area contributed by atoms with Crippen LogP contribution in [0.1, 0.15) is 18.2 Å². The van der Waals surface area contributed by atoms with E-state index in [0.717, 1.165) is 16.8 Å². The Balaban J connectivity index is 1.72. The second-order valence-corrected chi connectivity index (χ2v) is 5.35. The van der Waals surface area contributed by atoms with Crippen LogP contribution in [0.4, 0.5) is 10.2 Å². The van der Waals surface area contributed by atoms with Gasteiger partial charge in [0, 0.05) is 30.1 Å². The lowest BCUT2D eigenvalue weighted by Crippen LogP contribution is -2.10. The molecule has 0 aliphatic carbocycles. The molecule has 0 bridgehead atoms. The summed E-state index contributed by atoms with van der Waals surface area (Å²) in [6, 6.07) is 11.5. The fraction of sp³-hybridized carbons (Fsp3) is 0.167. The quantitative estimate of drug-likeness (QED) is 0.756. The molecule has 5 nitrogen and oxygen atoms in total. The van der Waals surface area contributed by atoms with Gasteiger partial charge in [-0.2, -0.15) is 0 Å². The molecule has 0 saturated heterocycles. The van der Waals surface area contributed by atoms with Gasteiger partial charge in [-0.05, 0) is 36.2 Å². The largest absolute Gasteiger partial charge is 0.366 e. The Labute approximate surface area is 138 Å². The van der Waals surface area contributed by atoms with Crippen LogP contribution in [0.5, 0.6) is 0 Å². The Morgan fingerprint density at radius 1 is 1.17 bits per heavy atom. The smallest absolute Gasteiger partial charge is 0.251 e. The molecule has 0 atom stereocenters. The van der Waals surface area contributed by atoms with Gasteiger partial charge < -0.3 is 10.3 Å². The topological polar surface area (TPSA) is 70.7 Å². The van der Waals surface area contributed by atoms with Crippen LogP contribution in [0.3, 0.4) is 0 Å².